The van der Waals surface area contributed by atoms with Crippen LogP contribution >= 0.6 is 0 Å². The second kappa shape index (κ2) is 7.04. The molecular weight excluding hydrogens is 276 g/mol. The molecule has 0 aromatic heterocycles. The van der Waals surface area contributed by atoms with Gasteiger partial charge in [0, 0.05) is 23.7 Å². The molecule has 0 saturated heterocycles. The first-order valence-electron chi connectivity index (χ1n) is 6.52. The van der Waals surface area contributed by atoms with Gasteiger partial charge in [-0.25, -0.2) is 8.78 Å². The predicted octanol–water partition coefficient (Wildman–Crippen LogP) is 3.27. The fraction of sp³-hybridized carbons (Fsp3) is 0.250. The maximum absolute atomic E-state index is 13.6. The predicted molar refractivity (Wildman–Crippen MR) is 76.4 cm³/mol. The van der Waals surface area contributed by atoms with E-state index in [1.807, 2.05) is 19.2 Å². The zero-order valence-electron chi connectivity index (χ0n) is 12.0. The Balaban J connectivity index is 2.19. The molecule has 0 spiro atoms. The Morgan fingerprint density at radius 1 is 1.05 bits per heavy atom. The Morgan fingerprint density at radius 3 is 2.57 bits per heavy atom. The van der Waals surface area contributed by atoms with E-state index in [-0.39, 0.29) is 12.2 Å². The smallest absolute Gasteiger partial charge is 0.130 e. The largest absolute Gasteiger partial charge is 0.497 e. The van der Waals surface area contributed by atoms with E-state index in [0.717, 1.165) is 23.8 Å². The number of nitrogens with one attached hydrogen (secondary N) is 1. The fourth-order valence-electron chi connectivity index (χ4n) is 1.94. The summed E-state index contributed by atoms with van der Waals surface area (Å²) in [6, 6.07) is 8.72. The zero-order chi connectivity index (χ0) is 15.2. The molecule has 1 N–H and O–H groups in total. The van der Waals surface area contributed by atoms with Crippen LogP contribution in [0, 0.1) is 11.6 Å². The number of benzene rings is 2. The first kappa shape index (κ1) is 15.3. The number of halogens is 2. The molecule has 3 nitrogen and oxygen atoms in total. The van der Waals surface area contributed by atoms with Crippen LogP contribution in [0.3, 0.4) is 0 Å². The van der Waals surface area contributed by atoms with E-state index in [0.29, 0.717) is 18.0 Å². The average Bonchev–Trinajstić information content (AvgIpc) is 2.49. The Bertz CT molecular complexity index is 617. The maximum atomic E-state index is 13.6. The normalized spacial score (nSPS) is 10.5. The van der Waals surface area contributed by atoms with Crippen molar-refractivity contribution >= 4 is 0 Å². The van der Waals surface area contributed by atoms with Crippen molar-refractivity contribution in [1.29, 1.82) is 0 Å². The lowest BCUT2D eigenvalue weighted by molar-refractivity contribution is 0.293. The van der Waals surface area contributed by atoms with Crippen LogP contribution in [0.5, 0.6) is 11.5 Å². The number of ether oxygens (including phenoxy) is 2. The van der Waals surface area contributed by atoms with Crippen LogP contribution in [0.1, 0.15) is 11.1 Å². The standard InChI is InChI=1S/C16H17F2NO2/c1-19-9-11-3-5-14(20-2)8-16(11)21-10-12-7-13(17)4-6-15(12)18/h3-8,19H,9-10H2,1-2H3. The summed E-state index contributed by atoms with van der Waals surface area (Å²) in [6.07, 6.45) is 0. The summed E-state index contributed by atoms with van der Waals surface area (Å²) >= 11 is 0. The summed E-state index contributed by atoms with van der Waals surface area (Å²) in [4.78, 5) is 0. The molecule has 0 aliphatic heterocycles. The molecule has 0 heterocycles. The van der Waals surface area contributed by atoms with Crippen molar-refractivity contribution in [2.45, 2.75) is 13.2 Å². The molecule has 0 atom stereocenters. The van der Waals surface area contributed by atoms with E-state index in [4.69, 9.17) is 9.47 Å². The van der Waals surface area contributed by atoms with Crippen molar-refractivity contribution in [3.63, 3.8) is 0 Å². The summed E-state index contributed by atoms with van der Waals surface area (Å²) in [5.74, 6) is 0.238. The minimum Gasteiger partial charge on any atom is -0.497 e. The van der Waals surface area contributed by atoms with Crippen LogP contribution in [0.2, 0.25) is 0 Å². The molecule has 0 amide bonds. The third kappa shape index (κ3) is 3.92. The summed E-state index contributed by atoms with van der Waals surface area (Å²) in [5.41, 5.74) is 1.09. The van der Waals surface area contributed by atoms with Gasteiger partial charge in [0.2, 0.25) is 0 Å². The van der Waals surface area contributed by atoms with E-state index in [9.17, 15) is 8.78 Å². The lowest BCUT2D eigenvalue weighted by Gasteiger charge is -2.13. The van der Waals surface area contributed by atoms with Gasteiger partial charge in [-0.15, -0.1) is 0 Å². The zero-order valence-corrected chi connectivity index (χ0v) is 12.0. The molecule has 0 unspecified atom stereocenters. The molecule has 0 aliphatic carbocycles. The lowest BCUT2D eigenvalue weighted by Crippen LogP contribution is -2.08. The van der Waals surface area contributed by atoms with Crippen molar-refractivity contribution < 1.29 is 18.3 Å². The summed E-state index contributed by atoms with van der Waals surface area (Å²) in [6.45, 7) is 0.554. The van der Waals surface area contributed by atoms with Crippen molar-refractivity contribution in [3.05, 3.63) is 59.2 Å². The maximum Gasteiger partial charge on any atom is 0.130 e. The van der Waals surface area contributed by atoms with Gasteiger partial charge in [-0.1, -0.05) is 6.07 Å². The Labute approximate surface area is 122 Å². The second-order valence-corrected chi connectivity index (χ2v) is 4.53. The topological polar surface area (TPSA) is 30.5 Å². The van der Waals surface area contributed by atoms with E-state index >= 15 is 0 Å². The van der Waals surface area contributed by atoms with Gasteiger partial charge in [0.15, 0.2) is 0 Å². The Kier molecular flexibility index (Phi) is 5.11. The van der Waals surface area contributed by atoms with Crippen LogP contribution in [0.25, 0.3) is 0 Å². The highest BCUT2D eigenvalue weighted by Gasteiger charge is 2.09. The van der Waals surface area contributed by atoms with Gasteiger partial charge in [0.1, 0.15) is 29.7 Å². The first-order chi connectivity index (χ1) is 10.1. The Morgan fingerprint density at radius 2 is 1.86 bits per heavy atom. The molecule has 5 heteroatoms. The highest BCUT2D eigenvalue weighted by molar-refractivity contribution is 5.41. The van der Waals surface area contributed by atoms with Gasteiger partial charge >= 0.3 is 0 Å². The lowest BCUT2D eigenvalue weighted by atomic mass is 10.2. The van der Waals surface area contributed by atoms with Crippen molar-refractivity contribution in [1.82, 2.24) is 5.32 Å². The van der Waals surface area contributed by atoms with Crippen LogP contribution in [-0.4, -0.2) is 14.2 Å². The van der Waals surface area contributed by atoms with Gasteiger partial charge in [-0.05, 0) is 31.3 Å². The van der Waals surface area contributed by atoms with Gasteiger partial charge in [-0.2, -0.15) is 0 Å². The van der Waals surface area contributed by atoms with Gasteiger partial charge < -0.3 is 14.8 Å². The first-order valence-corrected chi connectivity index (χ1v) is 6.52. The third-order valence-electron chi connectivity index (χ3n) is 3.03. The van der Waals surface area contributed by atoms with Crippen LogP contribution in [0.4, 0.5) is 8.78 Å². The van der Waals surface area contributed by atoms with E-state index < -0.39 is 11.6 Å². The van der Waals surface area contributed by atoms with Crippen molar-refractivity contribution in [2.75, 3.05) is 14.2 Å². The fourth-order valence-corrected chi connectivity index (χ4v) is 1.94. The molecule has 2 aromatic rings. The Hall–Kier alpha value is -2.14. The van der Waals surface area contributed by atoms with Gasteiger partial charge in [-0.3, -0.25) is 0 Å². The molecular formula is C16H17F2NO2. The van der Waals surface area contributed by atoms with Gasteiger partial charge in [0.05, 0.1) is 7.11 Å². The quantitative estimate of drug-likeness (QED) is 0.886. The molecule has 0 bridgehead atoms. The average molecular weight is 293 g/mol. The second-order valence-electron chi connectivity index (χ2n) is 4.53. The SMILES string of the molecule is CNCc1ccc(OC)cc1OCc1cc(F)ccc1F. The van der Waals surface area contributed by atoms with E-state index in [1.54, 1.807) is 13.2 Å². The third-order valence-corrected chi connectivity index (χ3v) is 3.03. The molecule has 0 fully saturated rings. The van der Waals surface area contributed by atoms with E-state index in [2.05, 4.69) is 5.32 Å². The minimum absolute atomic E-state index is 0.0481. The van der Waals surface area contributed by atoms with Crippen molar-refractivity contribution in [2.24, 2.45) is 0 Å². The van der Waals surface area contributed by atoms with E-state index in [1.165, 1.54) is 0 Å². The highest BCUT2D eigenvalue weighted by Crippen LogP contribution is 2.26. The number of rotatable bonds is 6. The number of hydrogen-bond donors (Lipinski definition) is 1. The number of hydrogen-bond acceptors (Lipinski definition) is 3. The summed E-state index contributed by atoms with van der Waals surface area (Å²) < 4.78 is 37.5. The van der Waals surface area contributed by atoms with Crippen LogP contribution in [0.15, 0.2) is 36.4 Å². The van der Waals surface area contributed by atoms with Gasteiger partial charge in [0.25, 0.3) is 0 Å². The molecule has 21 heavy (non-hydrogen) atoms. The molecule has 2 rings (SSSR count). The monoisotopic (exact) mass is 293 g/mol. The van der Waals surface area contributed by atoms with Crippen LogP contribution < -0.4 is 14.8 Å². The number of methoxy groups -OCH3 is 1. The van der Waals surface area contributed by atoms with Crippen LogP contribution in [-0.2, 0) is 13.2 Å². The van der Waals surface area contributed by atoms with Crippen molar-refractivity contribution in [3.8, 4) is 11.5 Å². The minimum atomic E-state index is -0.491. The summed E-state index contributed by atoms with van der Waals surface area (Å²) in [5, 5.41) is 3.03. The molecule has 2 aromatic carbocycles. The molecule has 0 radical (unpaired) electrons. The summed E-state index contributed by atoms with van der Waals surface area (Å²) in [7, 11) is 3.38. The molecule has 0 aliphatic rings. The molecule has 112 valence electrons. The highest BCUT2D eigenvalue weighted by atomic mass is 19.1. The molecule has 0 saturated carbocycles.